The summed E-state index contributed by atoms with van der Waals surface area (Å²) in [6, 6.07) is 10.8. The van der Waals surface area contributed by atoms with Crippen LogP contribution in [0.1, 0.15) is 5.56 Å². The molecule has 1 unspecified atom stereocenters. The van der Waals surface area contributed by atoms with E-state index in [1.807, 2.05) is 6.07 Å². The van der Waals surface area contributed by atoms with Crippen molar-refractivity contribution in [3.8, 4) is 0 Å². The van der Waals surface area contributed by atoms with Crippen LogP contribution in [0, 0.1) is 0 Å². The van der Waals surface area contributed by atoms with Crippen molar-refractivity contribution in [1.29, 1.82) is 0 Å². The SMILES string of the molecule is C=C(CN1CCN(C)CC1CN)c1ccccc1. The van der Waals surface area contributed by atoms with Gasteiger partial charge in [0.15, 0.2) is 0 Å². The van der Waals surface area contributed by atoms with E-state index in [1.54, 1.807) is 0 Å². The number of likely N-dealkylation sites (N-methyl/N-ethyl adjacent to an activating group) is 1. The van der Waals surface area contributed by atoms with Gasteiger partial charge >= 0.3 is 0 Å². The van der Waals surface area contributed by atoms with Gasteiger partial charge in [0.2, 0.25) is 0 Å². The number of nitrogens with zero attached hydrogens (tertiary/aromatic N) is 2. The zero-order chi connectivity index (χ0) is 13.0. The monoisotopic (exact) mass is 245 g/mol. The van der Waals surface area contributed by atoms with E-state index in [2.05, 4.69) is 47.7 Å². The molecule has 0 spiro atoms. The fourth-order valence-electron chi connectivity index (χ4n) is 2.49. The van der Waals surface area contributed by atoms with Crippen molar-refractivity contribution < 1.29 is 0 Å². The average molecular weight is 245 g/mol. The lowest BCUT2D eigenvalue weighted by atomic mass is 10.1. The quantitative estimate of drug-likeness (QED) is 0.867. The van der Waals surface area contributed by atoms with Gasteiger partial charge in [0, 0.05) is 38.8 Å². The van der Waals surface area contributed by atoms with Crippen LogP contribution in [0.5, 0.6) is 0 Å². The van der Waals surface area contributed by atoms with Crippen LogP contribution in [0.4, 0.5) is 0 Å². The number of rotatable bonds is 4. The Kier molecular flexibility index (Phi) is 4.53. The van der Waals surface area contributed by atoms with Crippen molar-refractivity contribution in [2.75, 3.05) is 39.8 Å². The number of hydrogen-bond donors (Lipinski definition) is 1. The highest BCUT2D eigenvalue weighted by molar-refractivity contribution is 5.64. The van der Waals surface area contributed by atoms with Gasteiger partial charge in [-0.25, -0.2) is 0 Å². The Hall–Kier alpha value is -1.16. The molecule has 1 aliphatic heterocycles. The van der Waals surface area contributed by atoms with Crippen molar-refractivity contribution in [1.82, 2.24) is 9.80 Å². The second-order valence-electron chi connectivity index (χ2n) is 5.09. The Labute approximate surface area is 110 Å². The van der Waals surface area contributed by atoms with Gasteiger partial charge in [0.05, 0.1) is 0 Å². The highest BCUT2D eigenvalue weighted by atomic mass is 15.3. The van der Waals surface area contributed by atoms with E-state index in [-0.39, 0.29) is 0 Å². The first-order chi connectivity index (χ1) is 8.70. The summed E-state index contributed by atoms with van der Waals surface area (Å²) in [5, 5.41) is 0. The predicted molar refractivity (Wildman–Crippen MR) is 77.4 cm³/mol. The summed E-state index contributed by atoms with van der Waals surface area (Å²) >= 11 is 0. The summed E-state index contributed by atoms with van der Waals surface area (Å²) in [5.74, 6) is 0. The largest absolute Gasteiger partial charge is 0.329 e. The van der Waals surface area contributed by atoms with Crippen molar-refractivity contribution in [2.24, 2.45) is 5.73 Å². The van der Waals surface area contributed by atoms with Gasteiger partial charge in [-0.3, -0.25) is 4.90 Å². The zero-order valence-electron chi connectivity index (χ0n) is 11.2. The maximum atomic E-state index is 5.87. The molecule has 0 amide bonds. The molecule has 1 heterocycles. The highest BCUT2D eigenvalue weighted by Crippen LogP contribution is 2.16. The highest BCUT2D eigenvalue weighted by Gasteiger charge is 2.24. The van der Waals surface area contributed by atoms with Crippen LogP contribution in [0.2, 0.25) is 0 Å². The minimum absolute atomic E-state index is 0.448. The van der Waals surface area contributed by atoms with Gasteiger partial charge in [0.25, 0.3) is 0 Å². The Morgan fingerprint density at radius 3 is 2.72 bits per heavy atom. The van der Waals surface area contributed by atoms with Crippen molar-refractivity contribution in [3.05, 3.63) is 42.5 Å². The fourth-order valence-corrected chi connectivity index (χ4v) is 2.49. The van der Waals surface area contributed by atoms with E-state index < -0.39 is 0 Å². The second-order valence-corrected chi connectivity index (χ2v) is 5.09. The number of benzene rings is 1. The van der Waals surface area contributed by atoms with E-state index in [9.17, 15) is 0 Å². The van der Waals surface area contributed by atoms with Gasteiger partial charge in [-0.15, -0.1) is 0 Å². The number of piperazine rings is 1. The second kappa shape index (κ2) is 6.14. The van der Waals surface area contributed by atoms with E-state index in [0.717, 1.165) is 26.2 Å². The summed E-state index contributed by atoms with van der Waals surface area (Å²) in [6.07, 6.45) is 0. The van der Waals surface area contributed by atoms with Crippen LogP contribution in [0.3, 0.4) is 0 Å². The first-order valence-corrected chi connectivity index (χ1v) is 6.56. The maximum Gasteiger partial charge on any atom is 0.0349 e. The Bertz CT molecular complexity index is 388. The third kappa shape index (κ3) is 3.19. The third-order valence-corrected chi connectivity index (χ3v) is 3.66. The predicted octanol–water partition coefficient (Wildman–Crippen LogP) is 1.27. The van der Waals surface area contributed by atoms with Gasteiger partial charge < -0.3 is 10.6 Å². The fraction of sp³-hybridized carbons (Fsp3) is 0.467. The van der Waals surface area contributed by atoms with Crippen molar-refractivity contribution in [3.63, 3.8) is 0 Å². The van der Waals surface area contributed by atoms with E-state index in [4.69, 9.17) is 5.73 Å². The smallest absolute Gasteiger partial charge is 0.0349 e. The molecule has 1 aromatic carbocycles. The standard InChI is InChI=1S/C15H23N3/c1-13(14-6-4-3-5-7-14)11-18-9-8-17(2)12-15(18)10-16/h3-7,15H,1,8-12,16H2,2H3. The van der Waals surface area contributed by atoms with Crippen LogP contribution in [0.25, 0.3) is 5.57 Å². The summed E-state index contributed by atoms with van der Waals surface area (Å²) in [7, 11) is 2.16. The molecule has 1 fully saturated rings. The van der Waals surface area contributed by atoms with Crippen molar-refractivity contribution in [2.45, 2.75) is 6.04 Å². The zero-order valence-corrected chi connectivity index (χ0v) is 11.2. The van der Waals surface area contributed by atoms with E-state index in [1.165, 1.54) is 11.1 Å². The first kappa shape index (κ1) is 13.3. The number of nitrogens with two attached hydrogens (primary N) is 1. The molecule has 0 aromatic heterocycles. The lowest BCUT2D eigenvalue weighted by Gasteiger charge is -2.39. The Morgan fingerprint density at radius 2 is 2.06 bits per heavy atom. The van der Waals surface area contributed by atoms with Gasteiger partial charge in [-0.1, -0.05) is 36.9 Å². The molecule has 0 radical (unpaired) electrons. The molecule has 0 bridgehead atoms. The molecule has 1 aromatic rings. The lowest BCUT2D eigenvalue weighted by Crippen LogP contribution is -2.54. The van der Waals surface area contributed by atoms with Crippen LogP contribution >= 0.6 is 0 Å². The Balaban J connectivity index is 1.98. The topological polar surface area (TPSA) is 32.5 Å². The van der Waals surface area contributed by atoms with Crippen LogP contribution in [0.15, 0.2) is 36.9 Å². The van der Waals surface area contributed by atoms with E-state index >= 15 is 0 Å². The molecule has 0 saturated carbocycles. The molecule has 2 N–H and O–H groups in total. The summed E-state index contributed by atoms with van der Waals surface area (Å²) in [4.78, 5) is 4.80. The molecule has 0 aliphatic carbocycles. The molecule has 3 heteroatoms. The Morgan fingerprint density at radius 1 is 1.33 bits per heavy atom. The molecule has 3 nitrogen and oxygen atoms in total. The summed E-state index contributed by atoms with van der Waals surface area (Å²) < 4.78 is 0. The average Bonchev–Trinajstić information content (AvgIpc) is 2.41. The van der Waals surface area contributed by atoms with Gasteiger partial charge in [-0.2, -0.15) is 0 Å². The van der Waals surface area contributed by atoms with Gasteiger partial charge in [0.1, 0.15) is 0 Å². The maximum absolute atomic E-state index is 5.87. The van der Waals surface area contributed by atoms with Crippen LogP contribution < -0.4 is 5.73 Å². The van der Waals surface area contributed by atoms with Crippen LogP contribution in [-0.4, -0.2) is 55.6 Å². The lowest BCUT2D eigenvalue weighted by molar-refractivity contribution is 0.107. The summed E-state index contributed by atoms with van der Waals surface area (Å²) in [5.41, 5.74) is 8.28. The minimum Gasteiger partial charge on any atom is -0.329 e. The van der Waals surface area contributed by atoms with Gasteiger partial charge in [-0.05, 0) is 18.2 Å². The third-order valence-electron chi connectivity index (χ3n) is 3.66. The molecule has 1 atom stereocenters. The number of hydrogen-bond acceptors (Lipinski definition) is 3. The molecule has 98 valence electrons. The normalized spacial score (nSPS) is 22.0. The molecule has 1 aliphatic rings. The molecule has 18 heavy (non-hydrogen) atoms. The van der Waals surface area contributed by atoms with Crippen molar-refractivity contribution >= 4 is 5.57 Å². The first-order valence-electron chi connectivity index (χ1n) is 6.56. The molecular weight excluding hydrogens is 222 g/mol. The molecular formula is C15H23N3. The molecule has 1 saturated heterocycles. The summed E-state index contributed by atoms with van der Waals surface area (Å²) in [6.45, 7) is 9.08. The minimum atomic E-state index is 0.448. The van der Waals surface area contributed by atoms with Crippen LogP contribution in [-0.2, 0) is 0 Å². The molecule has 2 rings (SSSR count). The van der Waals surface area contributed by atoms with E-state index in [0.29, 0.717) is 12.6 Å².